The summed E-state index contributed by atoms with van der Waals surface area (Å²) in [5.74, 6) is -1.12. The van der Waals surface area contributed by atoms with E-state index in [1.807, 2.05) is 12.2 Å². The van der Waals surface area contributed by atoms with Crippen LogP contribution in [0.4, 0.5) is 0 Å². The van der Waals surface area contributed by atoms with E-state index >= 15 is 0 Å². The maximum Gasteiger partial charge on any atom is 0.472 e. The van der Waals surface area contributed by atoms with E-state index in [0.717, 1.165) is 38.5 Å². The van der Waals surface area contributed by atoms with E-state index in [-0.39, 0.29) is 26.2 Å². The van der Waals surface area contributed by atoms with Gasteiger partial charge >= 0.3 is 19.8 Å². The van der Waals surface area contributed by atoms with Gasteiger partial charge < -0.3 is 20.1 Å². The molecule has 0 fully saturated rings. The van der Waals surface area contributed by atoms with Gasteiger partial charge in [-0.1, -0.05) is 153 Å². The summed E-state index contributed by atoms with van der Waals surface area (Å²) < 4.78 is 32.5. The Morgan fingerprint density at radius 1 is 0.647 bits per heavy atom. The fourth-order valence-electron chi connectivity index (χ4n) is 5.28. The molecule has 9 nitrogen and oxygen atoms in total. The first-order valence-corrected chi connectivity index (χ1v) is 21.7. The summed E-state index contributed by atoms with van der Waals surface area (Å²) in [6.07, 6.45) is 42.1. The van der Waals surface area contributed by atoms with Crippen molar-refractivity contribution in [2.45, 2.75) is 174 Å². The molecule has 51 heavy (non-hydrogen) atoms. The Morgan fingerprint density at radius 3 is 1.71 bits per heavy atom. The van der Waals surface area contributed by atoms with Crippen molar-refractivity contribution in [3.63, 3.8) is 0 Å². The first-order valence-electron chi connectivity index (χ1n) is 20.2. The van der Waals surface area contributed by atoms with Gasteiger partial charge in [0.2, 0.25) is 0 Å². The van der Waals surface area contributed by atoms with Crippen LogP contribution in [0.2, 0.25) is 0 Å². The number of phosphoric acid groups is 1. The van der Waals surface area contributed by atoms with Crippen molar-refractivity contribution in [3.8, 4) is 0 Å². The number of allylic oxidation sites excluding steroid dienone is 7. The molecule has 0 saturated heterocycles. The van der Waals surface area contributed by atoms with E-state index in [1.165, 1.54) is 109 Å². The van der Waals surface area contributed by atoms with Gasteiger partial charge in [0.15, 0.2) is 6.10 Å². The molecular weight excluding hydrogens is 665 g/mol. The Bertz CT molecular complexity index is 981. The van der Waals surface area contributed by atoms with Crippen LogP contribution in [0.5, 0.6) is 0 Å². The third kappa shape index (κ3) is 37.5. The Kier molecular flexibility index (Phi) is 36.2. The molecule has 0 saturated carbocycles. The summed E-state index contributed by atoms with van der Waals surface area (Å²) >= 11 is 0. The minimum absolute atomic E-state index is 0.0369. The second-order valence-electron chi connectivity index (χ2n) is 13.2. The number of hydrogen-bond acceptors (Lipinski definition) is 8. The summed E-state index contributed by atoms with van der Waals surface area (Å²) in [5, 5.41) is 0. The predicted molar refractivity (Wildman–Crippen MR) is 210 cm³/mol. The van der Waals surface area contributed by atoms with Gasteiger partial charge in [0.1, 0.15) is 6.61 Å². The Labute approximate surface area is 311 Å². The van der Waals surface area contributed by atoms with Gasteiger partial charge in [-0.25, -0.2) is 9.36 Å². The molecular formula is C41H74NO8P. The second kappa shape index (κ2) is 37.7. The summed E-state index contributed by atoms with van der Waals surface area (Å²) in [4.78, 5) is 34.6. The highest BCUT2D eigenvalue weighted by molar-refractivity contribution is 7.47. The zero-order valence-corrected chi connectivity index (χ0v) is 33.2. The van der Waals surface area contributed by atoms with Gasteiger partial charge in [-0.2, -0.15) is 0 Å². The molecule has 1 unspecified atom stereocenters. The third-order valence-corrected chi connectivity index (χ3v) is 9.28. The molecule has 0 aromatic heterocycles. The number of carbonyl (C=O) groups is 2. The SMILES string of the molecule is CCCCCCCC/C=C/C/C=C/CCCCC(=O)O[C@H](COC(=O)/C=C/C=C/CCCCCCCCCCCCC)COP(=O)(O)OCCN. The maximum absolute atomic E-state index is 12.5. The van der Waals surface area contributed by atoms with Crippen LogP contribution >= 0.6 is 7.82 Å². The van der Waals surface area contributed by atoms with Crippen LogP contribution in [0.25, 0.3) is 0 Å². The molecule has 0 rings (SSSR count). The number of phosphoric ester groups is 1. The van der Waals surface area contributed by atoms with Gasteiger partial charge in [0.05, 0.1) is 13.2 Å². The molecule has 296 valence electrons. The second-order valence-corrected chi connectivity index (χ2v) is 14.7. The molecule has 0 aliphatic carbocycles. The summed E-state index contributed by atoms with van der Waals surface area (Å²) in [6, 6.07) is 0. The van der Waals surface area contributed by atoms with Crippen LogP contribution in [0, 0.1) is 0 Å². The molecule has 0 aromatic carbocycles. The fraction of sp³-hybridized carbons (Fsp3) is 0.756. The number of carbonyl (C=O) groups excluding carboxylic acids is 2. The Balaban J connectivity index is 4.36. The largest absolute Gasteiger partial charge is 0.472 e. The van der Waals surface area contributed by atoms with Crippen molar-refractivity contribution in [1.29, 1.82) is 0 Å². The van der Waals surface area contributed by atoms with E-state index in [4.69, 9.17) is 24.3 Å². The Morgan fingerprint density at radius 2 is 1.16 bits per heavy atom. The quantitative estimate of drug-likeness (QED) is 0.0159. The number of nitrogens with two attached hydrogens (primary N) is 1. The first-order chi connectivity index (χ1) is 24.8. The van der Waals surface area contributed by atoms with E-state index in [1.54, 1.807) is 6.08 Å². The van der Waals surface area contributed by atoms with Crippen molar-refractivity contribution in [2.24, 2.45) is 5.73 Å². The number of rotatable bonds is 37. The monoisotopic (exact) mass is 740 g/mol. The molecule has 0 bridgehead atoms. The van der Waals surface area contributed by atoms with Gasteiger partial charge in [-0.15, -0.1) is 0 Å². The van der Waals surface area contributed by atoms with Crippen molar-refractivity contribution >= 4 is 19.8 Å². The number of unbranched alkanes of at least 4 members (excludes halogenated alkanes) is 19. The van der Waals surface area contributed by atoms with Gasteiger partial charge in [0.25, 0.3) is 0 Å². The topological polar surface area (TPSA) is 134 Å². The summed E-state index contributed by atoms with van der Waals surface area (Å²) in [7, 11) is -4.40. The van der Waals surface area contributed by atoms with Crippen molar-refractivity contribution in [2.75, 3.05) is 26.4 Å². The highest BCUT2D eigenvalue weighted by atomic mass is 31.2. The lowest BCUT2D eigenvalue weighted by Crippen LogP contribution is -2.29. The van der Waals surface area contributed by atoms with Crippen molar-refractivity contribution in [1.82, 2.24) is 0 Å². The van der Waals surface area contributed by atoms with Gasteiger partial charge in [0, 0.05) is 19.0 Å². The molecule has 0 aromatic rings. The van der Waals surface area contributed by atoms with Crippen molar-refractivity contribution < 1.29 is 37.6 Å². The fourth-order valence-corrected chi connectivity index (χ4v) is 6.05. The Hall–Kier alpha value is -2.03. The summed E-state index contributed by atoms with van der Waals surface area (Å²) in [6.45, 7) is 3.54. The molecule has 0 radical (unpaired) electrons. The lowest BCUT2D eigenvalue weighted by Gasteiger charge is -2.19. The average Bonchev–Trinajstić information content (AvgIpc) is 3.11. The van der Waals surface area contributed by atoms with E-state index in [2.05, 4.69) is 38.2 Å². The molecule has 0 spiro atoms. The first kappa shape index (κ1) is 49.0. The lowest BCUT2D eigenvalue weighted by molar-refractivity contribution is -0.159. The molecule has 0 amide bonds. The molecule has 10 heteroatoms. The van der Waals surface area contributed by atoms with E-state index in [0.29, 0.717) is 6.42 Å². The highest BCUT2D eigenvalue weighted by Crippen LogP contribution is 2.43. The predicted octanol–water partition coefficient (Wildman–Crippen LogP) is 11.2. The molecule has 0 heterocycles. The number of ether oxygens (including phenoxy) is 2. The standard InChI is InChI=1S/C41H74NO8P/c1-3-5-7-9-11-13-15-17-19-21-23-25-27-29-31-33-40(43)47-37-39(38-49-51(45,46)48-36-35-42)50-41(44)34-32-30-28-26-24-22-20-18-16-14-12-10-8-6-4-2/h18,20,24,26-27,29,31,33,39H,3-17,19,21-23,25,28,30,32,34-38,42H2,1-2H3,(H,45,46)/b20-18+,26-24+,29-27+,33-31+/t39-/m1/s1. The van der Waals surface area contributed by atoms with Crippen LogP contribution in [0.15, 0.2) is 48.6 Å². The highest BCUT2D eigenvalue weighted by Gasteiger charge is 2.25. The van der Waals surface area contributed by atoms with Crippen LogP contribution in [0.3, 0.4) is 0 Å². The van der Waals surface area contributed by atoms with Gasteiger partial charge in [-0.3, -0.25) is 13.8 Å². The zero-order chi connectivity index (χ0) is 37.5. The molecule has 3 N–H and O–H groups in total. The van der Waals surface area contributed by atoms with E-state index in [9.17, 15) is 19.0 Å². The minimum atomic E-state index is -4.40. The van der Waals surface area contributed by atoms with E-state index < -0.39 is 32.5 Å². The molecule has 2 atom stereocenters. The number of hydrogen-bond donors (Lipinski definition) is 2. The summed E-state index contributed by atoms with van der Waals surface area (Å²) in [5.41, 5.74) is 5.33. The van der Waals surface area contributed by atoms with Crippen LogP contribution in [0.1, 0.15) is 168 Å². The molecule has 0 aliphatic heterocycles. The lowest BCUT2D eigenvalue weighted by atomic mass is 10.1. The number of esters is 2. The average molecular weight is 740 g/mol. The van der Waals surface area contributed by atoms with Crippen LogP contribution < -0.4 is 5.73 Å². The van der Waals surface area contributed by atoms with Crippen molar-refractivity contribution in [3.05, 3.63) is 48.6 Å². The third-order valence-electron chi connectivity index (χ3n) is 8.29. The van der Waals surface area contributed by atoms with Crippen LogP contribution in [-0.2, 0) is 32.7 Å². The van der Waals surface area contributed by atoms with Crippen LogP contribution in [-0.4, -0.2) is 49.3 Å². The normalized spacial score (nSPS) is 13.9. The zero-order valence-electron chi connectivity index (χ0n) is 32.3. The maximum atomic E-state index is 12.5. The minimum Gasteiger partial charge on any atom is -0.458 e. The molecule has 0 aliphatic rings. The smallest absolute Gasteiger partial charge is 0.458 e. The van der Waals surface area contributed by atoms with Gasteiger partial charge in [-0.05, 0) is 51.4 Å².